The van der Waals surface area contributed by atoms with Crippen molar-refractivity contribution in [1.82, 2.24) is 0 Å². The fourth-order valence-corrected chi connectivity index (χ4v) is 1.13. The van der Waals surface area contributed by atoms with Crippen molar-refractivity contribution in [1.29, 1.82) is 0 Å². The van der Waals surface area contributed by atoms with Crippen LogP contribution >= 0.6 is 7.82 Å². The molecular weight excluding hydrogens is 300 g/mol. The van der Waals surface area contributed by atoms with Crippen molar-refractivity contribution in [3.05, 3.63) is 0 Å². The van der Waals surface area contributed by atoms with Crippen LogP contribution in [0.1, 0.15) is 6.42 Å². The number of halogens is 7. The molecule has 0 aromatic heterocycles. The first-order valence-electron chi connectivity index (χ1n) is 4.08. The maximum absolute atomic E-state index is 12.7. The summed E-state index contributed by atoms with van der Waals surface area (Å²) in [6.45, 7) is -2.39. The molecule has 0 spiro atoms. The zero-order valence-corrected chi connectivity index (χ0v) is 9.57. The average molecular weight is 308 g/mol. The van der Waals surface area contributed by atoms with E-state index in [0.717, 1.165) is 0 Å². The largest absolute Gasteiger partial charge is 0.472 e. The first-order valence-corrected chi connectivity index (χ1v) is 5.57. The van der Waals surface area contributed by atoms with E-state index in [1.54, 1.807) is 0 Å². The van der Waals surface area contributed by atoms with Gasteiger partial charge in [0.2, 0.25) is 0 Å². The highest BCUT2D eigenvalue weighted by Crippen LogP contribution is 2.47. The molecule has 110 valence electrons. The summed E-state index contributed by atoms with van der Waals surface area (Å²) in [5.41, 5.74) is 0. The molecule has 0 aliphatic carbocycles. The second kappa shape index (κ2) is 5.32. The lowest BCUT2D eigenvalue weighted by atomic mass is 10.1. The van der Waals surface area contributed by atoms with Gasteiger partial charge in [-0.2, -0.15) is 30.7 Å². The molecule has 1 unspecified atom stereocenters. The average Bonchev–Trinajstić information content (AvgIpc) is 2.11. The molecule has 0 aliphatic heterocycles. The molecule has 0 aromatic rings. The van der Waals surface area contributed by atoms with Gasteiger partial charge >= 0.3 is 25.8 Å². The van der Waals surface area contributed by atoms with Gasteiger partial charge in [-0.25, -0.2) is 4.57 Å². The van der Waals surface area contributed by atoms with Crippen LogP contribution in [0.5, 0.6) is 0 Å². The summed E-state index contributed by atoms with van der Waals surface area (Å²) in [5, 5.41) is 0. The van der Waals surface area contributed by atoms with Crippen LogP contribution in [0.25, 0.3) is 0 Å². The minimum atomic E-state index is -5.53. The van der Waals surface area contributed by atoms with Gasteiger partial charge in [-0.15, -0.1) is 0 Å². The molecule has 0 amide bonds. The highest BCUT2D eigenvalue weighted by atomic mass is 31.2. The Morgan fingerprint density at radius 2 is 1.50 bits per heavy atom. The molecule has 0 rings (SSSR count). The summed E-state index contributed by atoms with van der Waals surface area (Å²) >= 11 is 0. The van der Waals surface area contributed by atoms with Gasteiger partial charge in [-0.3, -0.25) is 9.05 Å². The minimum Gasteiger partial charge on any atom is -0.302 e. The van der Waals surface area contributed by atoms with E-state index in [1.807, 2.05) is 0 Å². The third-order valence-corrected chi connectivity index (χ3v) is 2.51. The molecular formula is C6H8F7O4P. The minimum absolute atomic E-state index is 0.562. The van der Waals surface area contributed by atoms with E-state index in [0.29, 0.717) is 7.11 Å². The van der Waals surface area contributed by atoms with Gasteiger partial charge in [0.25, 0.3) is 0 Å². The van der Waals surface area contributed by atoms with Crippen LogP contribution in [0, 0.1) is 0 Å². The third kappa shape index (κ3) is 5.51. The van der Waals surface area contributed by atoms with Crippen LogP contribution in [0.15, 0.2) is 0 Å². The Hall–Kier alpha value is -0.380. The number of alkyl halides is 7. The molecule has 0 fully saturated rings. The van der Waals surface area contributed by atoms with Gasteiger partial charge in [0, 0.05) is 7.11 Å². The molecule has 0 aromatic carbocycles. The number of hydrogen-bond donors (Lipinski definition) is 1. The van der Waals surface area contributed by atoms with Gasteiger partial charge in [-0.1, -0.05) is 0 Å². The molecule has 0 radical (unpaired) electrons. The van der Waals surface area contributed by atoms with Crippen LogP contribution in [0.4, 0.5) is 30.7 Å². The van der Waals surface area contributed by atoms with Crippen molar-refractivity contribution in [2.75, 3.05) is 13.7 Å². The highest BCUT2D eigenvalue weighted by molar-refractivity contribution is 7.47. The van der Waals surface area contributed by atoms with Crippen molar-refractivity contribution in [2.45, 2.75) is 24.4 Å². The summed E-state index contributed by atoms with van der Waals surface area (Å²) in [7, 11) is -4.42. The second-order valence-corrected chi connectivity index (χ2v) is 4.69. The lowest BCUT2D eigenvalue weighted by molar-refractivity contribution is -0.271. The van der Waals surface area contributed by atoms with Crippen molar-refractivity contribution in [2.24, 2.45) is 0 Å². The summed E-state index contributed by atoms with van der Waals surface area (Å²) < 4.78 is 103. The summed E-state index contributed by atoms with van der Waals surface area (Å²) in [6.07, 6.45) is -8.61. The van der Waals surface area contributed by atoms with E-state index < -0.39 is 38.9 Å². The first kappa shape index (κ1) is 17.6. The van der Waals surface area contributed by atoms with E-state index in [-0.39, 0.29) is 0 Å². The van der Waals surface area contributed by atoms with E-state index in [2.05, 4.69) is 9.05 Å². The van der Waals surface area contributed by atoms with Gasteiger partial charge in [0.1, 0.15) is 13.0 Å². The van der Waals surface area contributed by atoms with E-state index in [1.165, 1.54) is 0 Å². The van der Waals surface area contributed by atoms with Crippen LogP contribution < -0.4 is 0 Å². The topological polar surface area (TPSA) is 55.8 Å². The highest BCUT2D eigenvalue weighted by Gasteiger charge is 2.61. The van der Waals surface area contributed by atoms with Crippen LogP contribution in [-0.2, 0) is 13.6 Å². The molecule has 12 heteroatoms. The Kier molecular flexibility index (Phi) is 5.20. The van der Waals surface area contributed by atoms with E-state index in [4.69, 9.17) is 4.89 Å². The maximum Gasteiger partial charge on any atom is 0.472 e. The zero-order chi connectivity index (χ0) is 14.8. The smallest absolute Gasteiger partial charge is 0.302 e. The predicted molar refractivity (Wildman–Crippen MR) is 43.4 cm³/mol. The standard InChI is InChI=1S/C6H8F7O4P/c1-16-18(14,15)17-3-5(9,10)4(7,8)2-6(11,12)13/h2-3H2,1H3,(H,14,15). The van der Waals surface area contributed by atoms with Crippen molar-refractivity contribution in [3.8, 4) is 0 Å². The SMILES string of the molecule is COP(=O)(O)OCC(F)(F)C(F)(F)CC(F)(F)F. The molecule has 0 saturated carbocycles. The molecule has 1 N–H and O–H groups in total. The summed E-state index contributed by atoms with van der Waals surface area (Å²) in [5.74, 6) is -10.8. The van der Waals surface area contributed by atoms with E-state index in [9.17, 15) is 35.3 Å². The fourth-order valence-electron chi connectivity index (χ4n) is 0.702. The fraction of sp³-hybridized carbons (Fsp3) is 1.00. The van der Waals surface area contributed by atoms with Gasteiger partial charge in [0.15, 0.2) is 0 Å². The Labute approximate surface area is 96.3 Å². The molecule has 18 heavy (non-hydrogen) atoms. The Morgan fingerprint density at radius 1 is 1.06 bits per heavy atom. The normalized spacial score (nSPS) is 17.6. The maximum atomic E-state index is 12.7. The summed E-state index contributed by atoms with van der Waals surface area (Å²) in [4.78, 5) is 8.50. The number of phosphoric acid groups is 1. The van der Waals surface area contributed by atoms with Gasteiger partial charge in [0.05, 0.1) is 0 Å². The number of rotatable bonds is 6. The molecule has 1 atom stereocenters. The van der Waals surface area contributed by atoms with E-state index >= 15 is 0 Å². The van der Waals surface area contributed by atoms with Gasteiger partial charge in [-0.05, 0) is 0 Å². The first-order chi connectivity index (χ1) is 7.72. The Balaban J connectivity index is 4.76. The Bertz CT molecular complexity index is 328. The number of phosphoric ester groups is 1. The zero-order valence-electron chi connectivity index (χ0n) is 8.68. The second-order valence-electron chi connectivity index (χ2n) is 3.13. The Morgan fingerprint density at radius 3 is 1.83 bits per heavy atom. The van der Waals surface area contributed by atoms with Crippen LogP contribution in [-0.4, -0.2) is 36.6 Å². The van der Waals surface area contributed by atoms with Crippen molar-refractivity contribution >= 4 is 7.82 Å². The lowest BCUT2D eigenvalue weighted by Crippen LogP contribution is -2.46. The third-order valence-electron chi connectivity index (χ3n) is 1.60. The lowest BCUT2D eigenvalue weighted by Gasteiger charge is -2.27. The van der Waals surface area contributed by atoms with Crippen molar-refractivity contribution < 1.29 is 49.2 Å². The summed E-state index contributed by atoms with van der Waals surface area (Å²) in [6, 6.07) is 0. The van der Waals surface area contributed by atoms with Crippen LogP contribution in [0.3, 0.4) is 0 Å². The van der Waals surface area contributed by atoms with Crippen molar-refractivity contribution in [3.63, 3.8) is 0 Å². The number of hydrogen-bond acceptors (Lipinski definition) is 3. The predicted octanol–water partition coefficient (Wildman–Crippen LogP) is 2.97. The molecule has 0 bridgehead atoms. The quantitative estimate of drug-likeness (QED) is 0.605. The molecule has 0 saturated heterocycles. The molecule has 0 aliphatic rings. The van der Waals surface area contributed by atoms with Crippen LogP contribution in [0.2, 0.25) is 0 Å². The monoisotopic (exact) mass is 308 g/mol. The molecule has 0 heterocycles. The molecule has 4 nitrogen and oxygen atoms in total. The van der Waals surface area contributed by atoms with Gasteiger partial charge < -0.3 is 4.89 Å².